The van der Waals surface area contributed by atoms with Gasteiger partial charge in [-0.3, -0.25) is 9.89 Å². The van der Waals surface area contributed by atoms with Crippen LogP contribution in [-0.4, -0.2) is 50.8 Å². The molecule has 0 fully saturated rings. The van der Waals surface area contributed by atoms with E-state index < -0.39 is 0 Å². The molecular weight excluding hydrogens is 270 g/mol. The van der Waals surface area contributed by atoms with Gasteiger partial charge >= 0.3 is 6.03 Å². The fraction of sp³-hybridized carbons (Fsp3) is 0.231. The highest BCUT2D eigenvalue weighted by Crippen LogP contribution is 2.19. The van der Waals surface area contributed by atoms with Gasteiger partial charge in [-0.05, 0) is 12.1 Å². The highest BCUT2D eigenvalue weighted by atomic mass is 16.2. The molecule has 1 aromatic heterocycles. The van der Waals surface area contributed by atoms with E-state index in [9.17, 15) is 4.79 Å². The van der Waals surface area contributed by atoms with Crippen molar-refractivity contribution < 1.29 is 4.79 Å². The molecule has 0 saturated heterocycles. The van der Waals surface area contributed by atoms with Crippen molar-refractivity contribution in [3.63, 3.8) is 0 Å². The summed E-state index contributed by atoms with van der Waals surface area (Å²) in [5.74, 6) is 1.22. The number of hydrogen-bond acceptors (Lipinski definition) is 5. The summed E-state index contributed by atoms with van der Waals surface area (Å²) in [5, 5.41) is 5.52. The Hall–Kier alpha value is -2.90. The Bertz CT molecular complexity index is 819. The number of nitrogens with one attached hydrogen (secondary N) is 1. The second-order valence-electron chi connectivity index (χ2n) is 4.94. The minimum Gasteiger partial charge on any atom is -0.326 e. The summed E-state index contributed by atoms with van der Waals surface area (Å²) >= 11 is 0. The van der Waals surface area contributed by atoms with E-state index in [0.29, 0.717) is 17.4 Å². The van der Waals surface area contributed by atoms with Crippen LogP contribution in [-0.2, 0) is 7.05 Å². The van der Waals surface area contributed by atoms with E-state index in [1.54, 1.807) is 7.05 Å². The smallest absolute Gasteiger partial charge is 0.326 e. The van der Waals surface area contributed by atoms with E-state index in [-0.39, 0.29) is 12.7 Å². The first-order valence-corrected chi connectivity index (χ1v) is 6.52. The van der Waals surface area contributed by atoms with Gasteiger partial charge in [-0.15, -0.1) is 5.10 Å². The summed E-state index contributed by atoms with van der Waals surface area (Å²) in [5.41, 5.74) is 5.20. The summed E-state index contributed by atoms with van der Waals surface area (Å²) in [7, 11) is 3.55. The van der Waals surface area contributed by atoms with Gasteiger partial charge in [0.1, 0.15) is 12.4 Å². The van der Waals surface area contributed by atoms with Gasteiger partial charge < -0.3 is 4.57 Å². The topological polar surface area (TPSA) is 78.1 Å². The van der Waals surface area contributed by atoms with Crippen molar-refractivity contribution in [2.45, 2.75) is 0 Å². The van der Waals surface area contributed by atoms with Crippen LogP contribution in [0, 0.1) is 0 Å². The van der Waals surface area contributed by atoms with Crippen molar-refractivity contribution in [3.8, 4) is 0 Å². The molecule has 1 N–H and O–H groups in total. The van der Waals surface area contributed by atoms with Gasteiger partial charge in [0.15, 0.2) is 11.7 Å². The summed E-state index contributed by atoms with van der Waals surface area (Å²) in [6.45, 7) is 0.266. The maximum Gasteiger partial charge on any atom is 0.346 e. The first-order valence-electron chi connectivity index (χ1n) is 6.52. The Morgan fingerprint density at radius 1 is 1.24 bits per heavy atom. The molecule has 0 radical (unpaired) electrons. The molecule has 4 rings (SSSR count). The van der Waals surface area contributed by atoms with Crippen LogP contribution in [0.3, 0.4) is 0 Å². The molecule has 0 atom stereocenters. The zero-order valence-corrected chi connectivity index (χ0v) is 11.6. The standard InChI is InChI=1S/C13H13N7O/c1-18-9-6-4-3-5-8(9)15-11(18)10-12-16-17-19(2)13(21)20(12)7-14-10/h3-6,17H,7H2,1-2H3. The third-order valence-corrected chi connectivity index (χ3v) is 3.66. The fourth-order valence-electron chi connectivity index (χ4n) is 2.55. The minimum absolute atomic E-state index is 0.183. The number of carbonyl (C=O) groups is 1. The molecule has 8 heteroatoms. The molecule has 2 aliphatic heterocycles. The third kappa shape index (κ3) is 1.55. The fourth-order valence-corrected chi connectivity index (χ4v) is 2.55. The number of hydrogen-bond donors (Lipinski definition) is 1. The van der Waals surface area contributed by atoms with Gasteiger partial charge in [0.2, 0.25) is 0 Å². The predicted octanol–water partition coefficient (Wildman–Crippen LogP) is 0.519. The van der Waals surface area contributed by atoms with Gasteiger partial charge in [-0.25, -0.2) is 20.3 Å². The first-order chi connectivity index (χ1) is 10.2. The highest BCUT2D eigenvalue weighted by molar-refractivity contribution is 6.50. The van der Waals surface area contributed by atoms with Crippen molar-refractivity contribution >= 4 is 28.6 Å². The average molecular weight is 283 g/mol. The van der Waals surface area contributed by atoms with Crippen molar-refractivity contribution in [3.05, 3.63) is 30.1 Å². The first kappa shape index (κ1) is 11.9. The highest BCUT2D eigenvalue weighted by Gasteiger charge is 2.36. The zero-order chi connectivity index (χ0) is 14.6. The average Bonchev–Trinajstić information content (AvgIpc) is 3.05. The van der Waals surface area contributed by atoms with Crippen molar-refractivity contribution in [1.82, 2.24) is 25.0 Å². The number of carbonyl (C=O) groups excluding carboxylic acids is 1. The summed E-state index contributed by atoms with van der Waals surface area (Å²) < 4.78 is 1.96. The molecule has 106 valence electrons. The van der Waals surface area contributed by atoms with E-state index in [4.69, 9.17) is 0 Å². The number of para-hydroxylation sites is 2. The molecule has 21 heavy (non-hydrogen) atoms. The lowest BCUT2D eigenvalue weighted by molar-refractivity contribution is 0.159. The van der Waals surface area contributed by atoms with E-state index in [0.717, 1.165) is 11.0 Å². The molecule has 8 nitrogen and oxygen atoms in total. The number of fused-ring (bicyclic) bond motifs is 2. The second-order valence-corrected chi connectivity index (χ2v) is 4.94. The van der Waals surface area contributed by atoms with Crippen molar-refractivity contribution in [1.29, 1.82) is 0 Å². The SMILES string of the molecule is CN1NN=C2C(c3nc4ccccc4n3C)=NCN2C1=O. The van der Waals surface area contributed by atoms with Crippen LogP contribution < -0.4 is 5.53 Å². The number of rotatable bonds is 1. The molecule has 3 heterocycles. The monoisotopic (exact) mass is 283 g/mol. The van der Waals surface area contributed by atoms with Crippen LogP contribution in [0.25, 0.3) is 11.0 Å². The number of imidazole rings is 1. The molecule has 0 unspecified atom stereocenters. The largest absolute Gasteiger partial charge is 0.346 e. The van der Waals surface area contributed by atoms with Gasteiger partial charge in [-0.2, -0.15) is 0 Å². The normalized spacial score (nSPS) is 17.7. The number of aryl methyl sites for hydroxylation is 1. The Morgan fingerprint density at radius 2 is 2.05 bits per heavy atom. The number of hydrazone groups is 1. The van der Waals surface area contributed by atoms with Gasteiger partial charge in [0.05, 0.1) is 11.0 Å². The molecule has 1 aromatic carbocycles. The van der Waals surface area contributed by atoms with E-state index in [1.807, 2.05) is 35.9 Å². The minimum atomic E-state index is -0.183. The Balaban J connectivity index is 1.83. The summed E-state index contributed by atoms with van der Waals surface area (Å²) in [6.07, 6.45) is 0. The Labute approximate surface area is 120 Å². The quantitative estimate of drug-likeness (QED) is 0.828. The third-order valence-electron chi connectivity index (χ3n) is 3.66. The van der Waals surface area contributed by atoms with Crippen LogP contribution in [0.2, 0.25) is 0 Å². The van der Waals surface area contributed by atoms with Crippen LogP contribution in [0.4, 0.5) is 4.79 Å². The second kappa shape index (κ2) is 4.05. The van der Waals surface area contributed by atoms with Gasteiger partial charge in [0, 0.05) is 14.1 Å². The van der Waals surface area contributed by atoms with Crippen molar-refractivity contribution in [2.75, 3.05) is 13.7 Å². The maximum absolute atomic E-state index is 12.0. The van der Waals surface area contributed by atoms with Gasteiger partial charge in [-0.1, -0.05) is 12.1 Å². The van der Waals surface area contributed by atoms with Crippen molar-refractivity contribution in [2.24, 2.45) is 17.1 Å². The van der Waals surface area contributed by atoms with Gasteiger partial charge in [0.25, 0.3) is 0 Å². The summed E-state index contributed by atoms with van der Waals surface area (Å²) in [4.78, 5) is 22.6. The number of aromatic nitrogens is 2. The Kier molecular flexibility index (Phi) is 2.29. The molecule has 0 spiro atoms. The maximum atomic E-state index is 12.0. The molecule has 0 bridgehead atoms. The number of aliphatic imine (C=N–C) groups is 1. The Morgan fingerprint density at radius 3 is 2.86 bits per heavy atom. The van der Waals surface area contributed by atoms with Crippen LogP contribution in [0.1, 0.15) is 5.82 Å². The summed E-state index contributed by atoms with van der Waals surface area (Å²) in [6, 6.07) is 7.68. The van der Waals surface area contributed by atoms with Crippen LogP contribution in [0.5, 0.6) is 0 Å². The number of benzene rings is 1. The molecular formula is C13H13N7O. The number of nitrogens with zero attached hydrogens (tertiary/aromatic N) is 6. The lowest BCUT2D eigenvalue weighted by Gasteiger charge is -2.28. The molecule has 2 amide bonds. The van der Waals surface area contributed by atoms with E-state index >= 15 is 0 Å². The van der Waals surface area contributed by atoms with E-state index in [1.165, 1.54) is 9.91 Å². The molecule has 2 aromatic rings. The van der Waals surface area contributed by atoms with E-state index in [2.05, 4.69) is 20.6 Å². The predicted molar refractivity (Wildman–Crippen MR) is 77.7 cm³/mol. The van der Waals surface area contributed by atoms with Crippen LogP contribution >= 0.6 is 0 Å². The number of amidine groups is 1. The molecule has 2 aliphatic rings. The number of hydrazine groups is 1. The zero-order valence-electron chi connectivity index (χ0n) is 11.6. The number of amides is 2. The van der Waals surface area contributed by atoms with Crippen LogP contribution in [0.15, 0.2) is 34.4 Å². The molecule has 0 aliphatic carbocycles. The lowest BCUT2D eigenvalue weighted by Crippen LogP contribution is -2.53. The molecule has 0 saturated carbocycles. The number of urea groups is 1. The lowest BCUT2D eigenvalue weighted by atomic mass is 10.3.